The maximum Gasteiger partial charge on any atom is 0.0941 e. The molecule has 1 heterocycles. The van der Waals surface area contributed by atoms with Crippen LogP contribution in [0.3, 0.4) is 0 Å². The summed E-state index contributed by atoms with van der Waals surface area (Å²) < 4.78 is 1.33. The van der Waals surface area contributed by atoms with Crippen LogP contribution < -0.4 is 5.32 Å². The van der Waals surface area contributed by atoms with E-state index in [-0.39, 0.29) is 0 Å². The van der Waals surface area contributed by atoms with E-state index in [1.807, 2.05) is 11.3 Å². The fraction of sp³-hybridized carbons (Fsp3) is 0.562. The molecule has 0 radical (unpaired) electrons. The largest absolute Gasteiger partial charge is 0.314 e. The summed E-state index contributed by atoms with van der Waals surface area (Å²) in [6, 6.07) is 9.07. The first-order valence-electron chi connectivity index (χ1n) is 7.30. The molecule has 0 saturated heterocycles. The number of nitrogens with one attached hydrogen (secondary N) is 1. The van der Waals surface area contributed by atoms with E-state index in [4.69, 9.17) is 4.98 Å². The Hall–Kier alpha value is -0.930. The fourth-order valence-corrected chi connectivity index (χ4v) is 3.85. The lowest BCUT2D eigenvalue weighted by Crippen LogP contribution is -2.38. The van der Waals surface area contributed by atoms with Crippen molar-refractivity contribution in [2.45, 2.75) is 39.2 Å². The van der Waals surface area contributed by atoms with Crippen LogP contribution in [0.15, 0.2) is 24.3 Å². The van der Waals surface area contributed by atoms with Gasteiger partial charge in [-0.15, -0.1) is 11.3 Å². The molecule has 2 aromatic rings. The van der Waals surface area contributed by atoms with E-state index in [2.05, 4.69) is 43.4 Å². The molecule has 3 rings (SSSR count). The zero-order valence-corrected chi connectivity index (χ0v) is 12.5. The topological polar surface area (TPSA) is 24.9 Å². The minimum atomic E-state index is 0.601. The summed E-state index contributed by atoms with van der Waals surface area (Å²) in [4.78, 5) is 4.76. The van der Waals surface area contributed by atoms with Crippen molar-refractivity contribution in [1.29, 1.82) is 0 Å². The predicted octanol–water partition coefficient (Wildman–Crippen LogP) is 3.86. The van der Waals surface area contributed by atoms with E-state index >= 15 is 0 Å². The van der Waals surface area contributed by atoms with Gasteiger partial charge in [-0.25, -0.2) is 4.98 Å². The highest BCUT2D eigenvalue weighted by Crippen LogP contribution is 2.37. The summed E-state index contributed by atoms with van der Waals surface area (Å²) in [6.07, 6.45) is 3.93. The average Bonchev–Trinajstić information content (AvgIpc) is 2.77. The number of hydrogen-bond acceptors (Lipinski definition) is 3. The number of nitrogens with zero attached hydrogens (tertiary/aromatic N) is 1. The number of aromatic nitrogens is 1. The van der Waals surface area contributed by atoms with E-state index in [0.717, 1.165) is 11.8 Å². The Balaban J connectivity index is 1.61. The van der Waals surface area contributed by atoms with E-state index in [9.17, 15) is 0 Å². The average molecular weight is 274 g/mol. The van der Waals surface area contributed by atoms with Crippen molar-refractivity contribution in [3.8, 4) is 0 Å². The first-order chi connectivity index (χ1) is 9.22. The minimum Gasteiger partial charge on any atom is -0.314 e. The van der Waals surface area contributed by atoms with Crippen molar-refractivity contribution >= 4 is 21.6 Å². The molecule has 0 spiro atoms. The van der Waals surface area contributed by atoms with Gasteiger partial charge in [-0.2, -0.15) is 0 Å². The Bertz CT molecular complexity index is 513. The molecule has 19 heavy (non-hydrogen) atoms. The molecule has 1 aliphatic carbocycles. The standard InChI is InChI=1S/C16H22N2S/c1-11(2)17-10-13-8-7-12(13)9-16-18-14-5-3-4-6-15(14)19-16/h3-6,11-13,17H,7-10H2,1-2H3. The van der Waals surface area contributed by atoms with Crippen molar-refractivity contribution in [3.05, 3.63) is 29.3 Å². The second-order valence-corrected chi connectivity index (χ2v) is 7.06. The Labute approximate surface area is 119 Å². The molecular weight excluding hydrogens is 252 g/mol. The normalized spacial score (nSPS) is 22.9. The van der Waals surface area contributed by atoms with Gasteiger partial charge in [0.1, 0.15) is 0 Å². The molecule has 2 atom stereocenters. The molecule has 0 aliphatic heterocycles. The quantitative estimate of drug-likeness (QED) is 0.895. The molecule has 1 N–H and O–H groups in total. The van der Waals surface area contributed by atoms with Gasteiger partial charge in [0.2, 0.25) is 0 Å². The van der Waals surface area contributed by atoms with Crippen molar-refractivity contribution in [2.24, 2.45) is 11.8 Å². The summed E-state index contributed by atoms with van der Waals surface area (Å²) in [5.41, 5.74) is 1.17. The van der Waals surface area contributed by atoms with Crippen LogP contribution in [0, 0.1) is 11.8 Å². The van der Waals surface area contributed by atoms with Crippen molar-refractivity contribution < 1.29 is 0 Å². The molecule has 0 bridgehead atoms. The lowest BCUT2D eigenvalue weighted by Gasteiger charge is -2.37. The Morgan fingerprint density at radius 1 is 1.26 bits per heavy atom. The maximum absolute atomic E-state index is 4.76. The zero-order valence-electron chi connectivity index (χ0n) is 11.7. The Kier molecular flexibility index (Phi) is 3.85. The molecule has 102 valence electrons. The van der Waals surface area contributed by atoms with Gasteiger partial charge in [0.25, 0.3) is 0 Å². The Morgan fingerprint density at radius 2 is 2.05 bits per heavy atom. The third-order valence-corrected chi connectivity index (χ3v) is 5.20. The molecule has 1 fully saturated rings. The van der Waals surface area contributed by atoms with Gasteiger partial charge in [0.15, 0.2) is 0 Å². The summed E-state index contributed by atoms with van der Waals surface area (Å²) >= 11 is 1.87. The zero-order chi connectivity index (χ0) is 13.2. The van der Waals surface area contributed by atoms with E-state index in [1.165, 1.54) is 41.0 Å². The Morgan fingerprint density at radius 3 is 2.74 bits per heavy atom. The summed E-state index contributed by atoms with van der Waals surface area (Å²) in [5, 5.41) is 4.89. The van der Waals surface area contributed by atoms with Crippen molar-refractivity contribution in [3.63, 3.8) is 0 Å². The van der Waals surface area contributed by atoms with Crippen LogP contribution in [-0.2, 0) is 6.42 Å². The molecule has 3 heteroatoms. The molecule has 0 amide bonds. The number of hydrogen-bond donors (Lipinski definition) is 1. The van der Waals surface area contributed by atoms with Crippen LogP contribution >= 0.6 is 11.3 Å². The number of benzene rings is 1. The third kappa shape index (κ3) is 2.98. The lowest BCUT2D eigenvalue weighted by atomic mass is 9.72. The van der Waals surface area contributed by atoms with Gasteiger partial charge < -0.3 is 5.32 Å². The maximum atomic E-state index is 4.76. The summed E-state index contributed by atoms with van der Waals surface area (Å²) in [5.74, 6) is 1.70. The summed E-state index contributed by atoms with van der Waals surface area (Å²) in [7, 11) is 0. The first kappa shape index (κ1) is 13.1. The second-order valence-electron chi connectivity index (χ2n) is 5.94. The van der Waals surface area contributed by atoms with Crippen molar-refractivity contribution in [2.75, 3.05) is 6.54 Å². The molecule has 1 aliphatic rings. The minimum absolute atomic E-state index is 0.601. The third-order valence-electron chi connectivity index (χ3n) is 4.14. The monoisotopic (exact) mass is 274 g/mol. The smallest absolute Gasteiger partial charge is 0.0941 e. The van der Waals surface area contributed by atoms with Crippen LogP contribution in [0.1, 0.15) is 31.7 Å². The van der Waals surface area contributed by atoms with E-state index in [1.54, 1.807) is 0 Å². The van der Waals surface area contributed by atoms with Gasteiger partial charge >= 0.3 is 0 Å². The first-order valence-corrected chi connectivity index (χ1v) is 8.12. The van der Waals surface area contributed by atoms with Gasteiger partial charge in [-0.05, 0) is 43.4 Å². The fourth-order valence-electron chi connectivity index (χ4n) is 2.79. The molecular formula is C16H22N2S. The van der Waals surface area contributed by atoms with Gasteiger partial charge in [-0.3, -0.25) is 0 Å². The van der Waals surface area contributed by atoms with Crippen LogP contribution in [0.2, 0.25) is 0 Å². The number of rotatable bonds is 5. The number of fused-ring (bicyclic) bond motifs is 1. The highest BCUT2D eigenvalue weighted by atomic mass is 32.1. The van der Waals surface area contributed by atoms with Gasteiger partial charge in [0.05, 0.1) is 15.2 Å². The second kappa shape index (κ2) is 5.59. The van der Waals surface area contributed by atoms with Crippen molar-refractivity contribution in [1.82, 2.24) is 10.3 Å². The SMILES string of the molecule is CC(C)NCC1CCC1Cc1nc2ccccc2s1. The van der Waals surface area contributed by atoms with Gasteiger partial charge in [-0.1, -0.05) is 26.0 Å². The highest BCUT2D eigenvalue weighted by molar-refractivity contribution is 7.18. The van der Waals surface area contributed by atoms with Crippen LogP contribution in [0.4, 0.5) is 0 Å². The van der Waals surface area contributed by atoms with E-state index < -0.39 is 0 Å². The van der Waals surface area contributed by atoms with E-state index in [0.29, 0.717) is 6.04 Å². The lowest BCUT2D eigenvalue weighted by molar-refractivity contribution is 0.168. The number of thiazole rings is 1. The highest BCUT2D eigenvalue weighted by Gasteiger charge is 2.31. The predicted molar refractivity (Wildman–Crippen MR) is 82.7 cm³/mol. The molecule has 2 nitrogen and oxygen atoms in total. The van der Waals surface area contributed by atoms with Crippen LogP contribution in [0.5, 0.6) is 0 Å². The van der Waals surface area contributed by atoms with Gasteiger partial charge in [0, 0.05) is 12.5 Å². The van der Waals surface area contributed by atoms with Crippen LogP contribution in [0.25, 0.3) is 10.2 Å². The molecule has 2 unspecified atom stereocenters. The summed E-state index contributed by atoms with van der Waals surface area (Å²) in [6.45, 7) is 5.62. The number of para-hydroxylation sites is 1. The molecule has 1 aromatic carbocycles. The molecule has 1 aromatic heterocycles. The van der Waals surface area contributed by atoms with Crippen LogP contribution in [-0.4, -0.2) is 17.6 Å². The molecule has 1 saturated carbocycles.